The highest BCUT2D eigenvalue weighted by Gasteiger charge is 2.32. The van der Waals surface area contributed by atoms with Crippen molar-refractivity contribution >= 4 is 27.7 Å². The van der Waals surface area contributed by atoms with E-state index in [-0.39, 0.29) is 12.5 Å². The van der Waals surface area contributed by atoms with Gasteiger partial charge in [0.1, 0.15) is 12.6 Å². The molecule has 186 valence electrons. The number of rotatable bonds is 12. The van der Waals surface area contributed by atoms with Gasteiger partial charge in [-0.2, -0.15) is 12.7 Å². The molecule has 2 aromatic rings. The van der Waals surface area contributed by atoms with Gasteiger partial charge in [0.15, 0.2) is 0 Å². The number of unbranched alkanes of at least 4 members (excludes halogenated alkanes) is 1. The van der Waals surface area contributed by atoms with Crippen LogP contribution in [0, 0.1) is 6.92 Å². The van der Waals surface area contributed by atoms with Crippen molar-refractivity contribution in [3.8, 4) is 0 Å². The number of carbonyl (C=O) groups is 2. The fourth-order valence-corrected chi connectivity index (χ4v) is 4.49. The predicted molar refractivity (Wildman–Crippen MR) is 136 cm³/mol. The molecule has 0 radical (unpaired) electrons. The third-order valence-electron chi connectivity index (χ3n) is 5.50. The van der Waals surface area contributed by atoms with Crippen molar-refractivity contribution in [2.75, 3.05) is 31.5 Å². The zero-order chi connectivity index (χ0) is 25.3. The number of carbonyl (C=O) groups excluding carboxylic acids is 2. The third-order valence-corrected chi connectivity index (χ3v) is 7.32. The summed E-state index contributed by atoms with van der Waals surface area (Å²) in [5, 5.41) is 2.88. The summed E-state index contributed by atoms with van der Waals surface area (Å²) in [6, 6.07) is 15.4. The smallest absolute Gasteiger partial charge is 0.304 e. The van der Waals surface area contributed by atoms with Gasteiger partial charge in [-0.1, -0.05) is 61.4 Å². The maximum atomic E-state index is 13.6. The Morgan fingerprint density at radius 3 is 2.29 bits per heavy atom. The fourth-order valence-electron chi connectivity index (χ4n) is 3.44. The van der Waals surface area contributed by atoms with Crippen LogP contribution >= 0.6 is 0 Å². The highest BCUT2D eigenvalue weighted by molar-refractivity contribution is 7.90. The van der Waals surface area contributed by atoms with E-state index in [9.17, 15) is 18.0 Å². The summed E-state index contributed by atoms with van der Waals surface area (Å²) in [5.74, 6) is -0.731. The highest BCUT2D eigenvalue weighted by Crippen LogP contribution is 2.20. The third kappa shape index (κ3) is 7.30. The number of hydrogen-bond acceptors (Lipinski definition) is 4. The number of nitrogens with zero attached hydrogens (tertiary/aromatic N) is 3. The number of amides is 2. The second-order valence-corrected chi connectivity index (χ2v) is 10.5. The maximum absolute atomic E-state index is 13.6. The molecule has 0 heterocycles. The summed E-state index contributed by atoms with van der Waals surface area (Å²) in [6.45, 7) is 5.94. The van der Waals surface area contributed by atoms with Gasteiger partial charge in [-0.15, -0.1) is 0 Å². The molecule has 0 unspecified atom stereocenters. The lowest BCUT2D eigenvalue weighted by molar-refractivity contribution is -0.139. The SMILES string of the molecule is CCCCNC(=O)[C@@H](C)N(Cc1cccc(C)c1)C(=O)CN(c1ccccc1)S(=O)(=O)N(C)C. The van der Waals surface area contributed by atoms with Crippen molar-refractivity contribution in [3.63, 3.8) is 0 Å². The zero-order valence-electron chi connectivity index (χ0n) is 20.7. The molecule has 0 aliphatic rings. The molecule has 0 fully saturated rings. The summed E-state index contributed by atoms with van der Waals surface area (Å²) in [7, 11) is -1.10. The molecular formula is C25H36N4O4S. The van der Waals surface area contributed by atoms with Crippen LogP contribution in [0.5, 0.6) is 0 Å². The number of hydrogen-bond donors (Lipinski definition) is 1. The van der Waals surface area contributed by atoms with Gasteiger partial charge in [-0.05, 0) is 38.0 Å². The molecule has 9 heteroatoms. The van der Waals surface area contributed by atoms with Crippen LogP contribution in [0.3, 0.4) is 0 Å². The van der Waals surface area contributed by atoms with Gasteiger partial charge in [0.05, 0.1) is 5.69 Å². The van der Waals surface area contributed by atoms with Crippen molar-refractivity contribution in [1.29, 1.82) is 0 Å². The number of anilines is 1. The molecule has 0 bridgehead atoms. The molecule has 1 N–H and O–H groups in total. The minimum atomic E-state index is -3.95. The summed E-state index contributed by atoms with van der Waals surface area (Å²) < 4.78 is 28.3. The summed E-state index contributed by atoms with van der Waals surface area (Å²) in [5.41, 5.74) is 2.27. The molecule has 2 aromatic carbocycles. The van der Waals surface area contributed by atoms with Crippen molar-refractivity contribution in [3.05, 3.63) is 65.7 Å². The lowest BCUT2D eigenvalue weighted by atomic mass is 10.1. The average molecular weight is 489 g/mol. The summed E-state index contributed by atoms with van der Waals surface area (Å²) >= 11 is 0. The van der Waals surface area contributed by atoms with Crippen LogP contribution < -0.4 is 9.62 Å². The van der Waals surface area contributed by atoms with Gasteiger partial charge >= 0.3 is 10.2 Å². The minimum Gasteiger partial charge on any atom is -0.354 e. The van der Waals surface area contributed by atoms with E-state index in [0.29, 0.717) is 12.2 Å². The Morgan fingerprint density at radius 2 is 1.71 bits per heavy atom. The molecule has 0 saturated carbocycles. The molecular weight excluding hydrogens is 452 g/mol. The molecule has 0 saturated heterocycles. The van der Waals surface area contributed by atoms with E-state index in [2.05, 4.69) is 5.32 Å². The topological polar surface area (TPSA) is 90.0 Å². The van der Waals surface area contributed by atoms with Crippen LogP contribution in [0.4, 0.5) is 5.69 Å². The van der Waals surface area contributed by atoms with Crippen LogP contribution in [-0.2, 0) is 26.3 Å². The Balaban J connectivity index is 2.38. The lowest BCUT2D eigenvalue weighted by Crippen LogP contribution is -2.52. The van der Waals surface area contributed by atoms with Gasteiger partial charge in [-0.3, -0.25) is 9.59 Å². The van der Waals surface area contributed by atoms with Gasteiger partial charge in [-0.25, -0.2) is 4.31 Å². The van der Waals surface area contributed by atoms with Crippen LogP contribution in [0.25, 0.3) is 0 Å². The molecule has 2 rings (SSSR count). The average Bonchev–Trinajstić information content (AvgIpc) is 2.80. The minimum absolute atomic E-state index is 0.188. The molecule has 1 atom stereocenters. The van der Waals surface area contributed by atoms with Gasteiger partial charge in [0, 0.05) is 27.2 Å². The summed E-state index contributed by atoms with van der Waals surface area (Å²) in [4.78, 5) is 27.9. The zero-order valence-corrected chi connectivity index (χ0v) is 21.5. The first-order valence-corrected chi connectivity index (χ1v) is 12.9. The van der Waals surface area contributed by atoms with Crippen LogP contribution in [0.15, 0.2) is 54.6 Å². The number of nitrogens with one attached hydrogen (secondary N) is 1. The first kappa shape index (κ1) is 27.3. The monoisotopic (exact) mass is 488 g/mol. The molecule has 2 amide bonds. The molecule has 0 aliphatic carbocycles. The van der Waals surface area contributed by atoms with E-state index in [1.54, 1.807) is 37.3 Å². The standard InChI is InChI=1S/C25H36N4O4S/c1-6-7-16-26-25(31)21(3)28(18-22-13-11-12-20(2)17-22)24(30)19-29(34(32,33)27(4)5)23-14-9-8-10-15-23/h8-15,17,21H,6-7,16,18-19H2,1-5H3,(H,26,31)/t21-/m1/s1. The Bertz CT molecular complexity index is 1060. The van der Waals surface area contributed by atoms with E-state index < -0.39 is 28.7 Å². The first-order valence-electron chi connectivity index (χ1n) is 11.5. The van der Waals surface area contributed by atoms with Crippen LogP contribution in [-0.4, -0.2) is 62.7 Å². The number of benzene rings is 2. The predicted octanol–water partition coefficient (Wildman–Crippen LogP) is 2.94. The van der Waals surface area contributed by atoms with Crippen molar-refractivity contribution in [1.82, 2.24) is 14.5 Å². The Morgan fingerprint density at radius 1 is 1.03 bits per heavy atom. The van der Waals surface area contributed by atoms with E-state index in [4.69, 9.17) is 0 Å². The second-order valence-electron chi connectivity index (χ2n) is 8.46. The number of para-hydroxylation sites is 1. The van der Waals surface area contributed by atoms with E-state index in [1.165, 1.54) is 19.0 Å². The Labute approximate surface area is 203 Å². The number of aryl methyl sites for hydroxylation is 1. The molecule has 34 heavy (non-hydrogen) atoms. The van der Waals surface area contributed by atoms with Crippen molar-refractivity contribution in [2.24, 2.45) is 0 Å². The lowest BCUT2D eigenvalue weighted by Gasteiger charge is -2.32. The Hall–Kier alpha value is -2.91. The highest BCUT2D eigenvalue weighted by atomic mass is 32.2. The molecule has 0 aliphatic heterocycles. The van der Waals surface area contributed by atoms with Crippen LogP contribution in [0.1, 0.15) is 37.8 Å². The molecule has 0 aromatic heterocycles. The largest absolute Gasteiger partial charge is 0.354 e. The molecule has 8 nitrogen and oxygen atoms in total. The normalized spacial score (nSPS) is 12.3. The van der Waals surface area contributed by atoms with Crippen LogP contribution in [0.2, 0.25) is 0 Å². The van der Waals surface area contributed by atoms with E-state index in [0.717, 1.165) is 32.6 Å². The van der Waals surface area contributed by atoms with Crippen molar-refractivity contribution < 1.29 is 18.0 Å². The van der Waals surface area contributed by atoms with E-state index in [1.807, 2.05) is 38.1 Å². The van der Waals surface area contributed by atoms with Gasteiger partial charge in [0.25, 0.3) is 0 Å². The van der Waals surface area contributed by atoms with Crippen molar-refractivity contribution in [2.45, 2.75) is 46.2 Å². The maximum Gasteiger partial charge on any atom is 0.304 e. The fraction of sp³-hybridized carbons (Fsp3) is 0.440. The summed E-state index contributed by atoms with van der Waals surface area (Å²) in [6.07, 6.45) is 1.78. The van der Waals surface area contributed by atoms with E-state index >= 15 is 0 Å². The van der Waals surface area contributed by atoms with Gasteiger partial charge in [0.2, 0.25) is 11.8 Å². The molecule has 0 spiro atoms. The van der Waals surface area contributed by atoms with Gasteiger partial charge < -0.3 is 10.2 Å². The second kappa shape index (κ2) is 12.5. The first-order chi connectivity index (χ1) is 16.1. The Kier molecular flexibility index (Phi) is 10.1. The quantitative estimate of drug-likeness (QED) is 0.465.